The quantitative estimate of drug-likeness (QED) is 0.811. The van der Waals surface area contributed by atoms with Crippen LogP contribution >= 0.6 is 0 Å². The molecule has 1 aliphatic carbocycles. The fourth-order valence-corrected chi connectivity index (χ4v) is 2.25. The van der Waals surface area contributed by atoms with Gasteiger partial charge in [0.15, 0.2) is 0 Å². The summed E-state index contributed by atoms with van der Waals surface area (Å²) in [5, 5.41) is 3.32. The minimum absolute atomic E-state index is 0.452. The van der Waals surface area contributed by atoms with Crippen molar-refractivity contribution >= 4 is 0 Å². The number of allylic oxidation sites excluding steroid dienone is 2. The molecular formula is C16H25N3O. The summed E-state index contributed by atoms with van der Waals surface area (Å²) in [6.07, 6.45) is 10.3. The van der Waals surface area contributed by atoms with Gasteiger partial charge in [0.25, 0.3) is 0 Å². The van der Waals surface area contributed by atoms with Crippen LogP contribution in [0.2, 0.25) is 0 Å². The minimum atomic E-state index is 0.452. The SMILES string of the molecule is CC(C)NCc1cnc(OCC2CC=CCC2C)cn1. The normalized spacial score (nSPS) is 22.2. The van der Waals surface area contributed by atoms with Gasteiger partial charge in [0.05, 0.1) is 24.7 Å². The Hall–Kier alpha value is -1.42. The summed E-state index contributed by atoms with van der Waals surface area (Å²) in [5.41, 5.74) is 0.944. The lowest BCUT2D eigenvalue weighted by molar-refractivity contribution is 0.192. The van der Waals surface area contributed by atoms with E-state index in [2.05, 4.69) is 48.2 Å². The lowest BCUT2D eigenvalue weighted by Crippen LogP contribution is -2.23. The second kappa shape index (κ2) is 7.39. The average molecular weight is 275 g/mol. The largest absolute Gasteiger partial charge is 0.476 e. The van der Waals surface area contributed by atoms with Gasteiger partial charge in [-0.15, -0.1) is 0 Å². The zero-order valence-corrected chi connectivity index (χ0v) is 12.7. The lowest BCUT2D eigenvalue weighted by Gasteiger charge is -2.24. The van der Waals surface area contributed by atoms with Crippen molar-refractivity contribution < 1.29 is 4.74 Å². The third-order valence-electron chi connectivity index (χ3n) is 3.74. The second-order valence-electron chi connectivity index (χ2n) is 5.87. The third-order valence-corrected chi connectivity index (χ3v) is 3.74. The Morgan fingerprint density at radius 3 is 2.70 bits per heavy atom. The molecule has 110 valence electrons. The van der Waals surface area contributed by atoms with Crippen molar-refractivity contribution in [2.24, 2.45) is 11.8 Å². The van der Waals surface area contributed by atoms with Crippen LogP contribution in [0.1, 0.15) is 39.3 Å². The van der Waals surface area contributed by atoms with E-state index in [1.165, 1.54) is 0 Å². The van der Waals surface area contributed by atoms with Crippen molar-refractivity contribution in [2.75, 3.05) is 6.61 Å². The molecule has 0 saturated carbocycles. The third kappa shape index (κ3) is 4.60. The van der Waals surface area contributed by atoms with E-state index in [0.29, 0.717) is 23.8 Å². The van der Waals surface area contributed by atoms with Crippen molar-refractivity contribution in [2.45, 2.75) is 46.2 Å². The Bertz CT molecular complexity index is 428. The molecule has 1 heterocycles. The monoisotopic (exact) mass is 275 g/mol. The van der Waals surface area contributed by atoms with Gasteiger partial charge in [-0.3, -0.25) is 4.98 Å². The van der Waals surface area contributed by atoms with Gasteiger partial charge in [-0.2, -0.15) is 0 Å². The van der Waals surface area contributed by atoms with Crippen molar-refractivity contribution in [3.63, 3.8) is 0 Å². The van der Waals surface area contributed by atoms with E-state index in [-0.39, 0.29) is 0 Å². The van der Waals surface area contributed by atoms with E-state index in [0.717, 1.165) is 31.7 Å². The van der Waals surface area contributed by atoms with Crippen molar-refractivity contribution in [3.05, 3.63) is 30.2 Å². The fraction of sp³-hybridized carbons (Fsp3) is 0.625. The summed E-state index contributed by atoms with van der Waals surface area (Å²) in [6, 6.07) is 0.452. The van der Waals surface area contributed by atoms with Crippen LogP contribution in [-0.2, 0) is 6.54 Å². The first-order valence-electron chi connectivity index (χ1n) is 7.47. The highest BCUT2D eigenvalue weighted by Gasteiger charge is 2.19. The van der Waals surface area contributed by atoms with Gasteiger partial charge in [-0.05, 0) is 24.7 Å². The Balaban J connectivity index is 1.80. The van der Waals surface area contributed by atoms with Crippen LogP contribution in [0.5, 0.6) is 5.88 Å². The first kappa shape index (κ1) is 15.0. The first-order chi connectivity index (χ1) is 9.65. The molecule has 0 fully saturated rings. The summed E-state index contributed by atoms with van der Waals surface area (Å²) in [6.45, 7) is 7.98. The number of rotatable bonds is 6. The summed E-state index contributed by atoms with van der Waals surface area (Å²) >= 11 is 0. The molecule has 1 N–H and O–H groups in total. The standard InChI is InChI=1S/C16H25N3O/c1-12(2)17-8-15-9-19-16(10-18-15)20-11-14-7-5-4-6-13(14)3/h4-5,9-10,12-14,17H,6-8,11H2,1-3H3. The Labute approximate surface area is 121 Å². The molecule has 1 aromatic rings. The molecule has 2 atom stereocenters. The van der Waals surface area contributed by atoms with Gasteiger partial charge >= 0.3 is 0 Å². The van der Waals surface area contributed by atoms with Crippen LogP contribution in [0.4, 0.5) is 0 Å². The van der Waals surface area contributed by atoms with E-state index in [4.69, 9.17) is 4.74 Å². The summed E-state index contributed by atoms with van der Waals surface area (Å²) in [4.78, 5) is 8.69. The maximum Gasteiger partial charge on any atom is 0.232 e. The molecule has 0 radical (unpaired) electrons. The molecule has 0 spiro atoms. The lowest BCUT2D eigenvalue weighted by atomic mass is 9.85. The Morgan fingerprint density at radius 2 is 2.05 bits per heavy atom. The molecular weight excluding hydrogens is 250 g/mol. The average Bonchev–Trinajstić information content (AvgIpc) is 2.45. The van der Waals surface area contributed by atoms with Gasteiger partial charge < -0.3 is 10.1 Å². The summed E-state index contributed by atoms with van der Waals surface area (Å²) < 4.78 is 5.77. The number of hydrogen-bond donors (Lipinski definition) is 1. The zero-order chi connectivity index (χ0) is 14.4. The number of nitrogens with one attached hydrogen (secondary N) is 1. The number of aromatic nitrogens is 2. The van der Waals surface area contributed by atoms with E-state index in [1.54, 1.807) is 12.4 Å². The van der Waals surface area contributed by atoms with Crippen molar-refractivity contribution in [1.82, 2.24) is 15.3 Å². The molecule has 20 heavy (non-hydrogen) atoms. The molecule has 0 aliphatic heterocycles. The molecule has 0 aromatic carbocycles. The van der Waals surface area contributed by atoms with Gasteiger partial charge in [0, 0.05) is 12.6 Å². The molecule has 0 amide bonds. The fourth-order valence-electron chi connectivity index (χ4n) is 2.25. The molecule has 2 rings (SSSR count). The van der Waals surface area contributed by atoms with Crippen LogP contribution < -0.4 is 10.1 Å². The minimum Gasteiger partial charge on any atom is -0.476 e. The van der Waals surface area contributed by atoms with Crippen LogP contribution in [0.3, 0.4) is 0 Å². The Kier molecular flexibility index (Phi) is 5.53. The topological polar surface area (TPSA) is 47.0 Å². The molecule has 1 aliphatic rings. The van der Waals surface area contributed by atoms with Crippen molar-refractivity contribution in [1.29, 1.82) is 0 Å². The highest BCUT2D eigenvalue weighted by molar-refractivity contribution is 5.07. The van der Waals surface area contributed by atoms with Crippen LogP contribution in [0.25, 0.3) is 0 Å². The summed E-state index contributed by atoms with van der Waals surface area (Å²) in [5.74, 6) is 1.90. The smallest absolute Gasteiger partial charge is 0.232 e. The molecule has 2 unspecified atom stereocenters. The Morgan fingerprint density at radius 1 is 1.25 bits per heavy atom. The van der Waals surface area contributed by atoms with E-state index < -0.39 is 0 Å². The maximum absolute atomic E-state index is 5.77. The van der Waals surface area contributed by atoms with Gasteiger partial charge in [-0.25, -0.2) is 4.98 Å². The first-order valence-corrected chi connectivity index (χ1v) is 7.47. The number of ether oxygens (including phenoxy) is 1. The van der Waals surface area contributed by atoms with Crippen LogP contribution in [0, 0.1) is 11.8 Å². The van der Waals surface area contributed by atoms with E-state index >= 15 is 0 Å². The van der Waals surface area contributed by atoms with E-state index in [9.17, 15) is 0 Å². The van der Waals surface area contributed by atoms with Gasteiger partial charge in [-0.1, -0.05) is 32.9 Å². The molecule has 4 nitrogen and oxygen atoms in total. The molecule has 0 saturated heterocycles. The second-order valence-corrected chi connectivity index (χ2v) is 5.87. The zero-order valence-electron chi connectivity index (χ0n) is 12.7. The van der Waals surface area contributed by atoms with Gasteiger partial charge in [0.1, 0.15) is 0 Å². The van der Waals surface area contributed by atoms with Crippen molar-refractivity contribution in [3.8, 4) is 5.88 Å². The maximum atomic E-state index is 5.77. The summed E-state index contributed by atoms with van der Waals surface area (Å²) in [7, 11) is 0. The van der Waals surface area contributed by atoms with Crippen LogP contribution in [0.15, 0.2) is 24.5 Å². The predicted molar refractivity (Wildman–Crippen MR) is 80.5 cm³/mol. The highest BCUT2D eigenvalue weighted by atomic mass is 16.5. The predicted octanol–water partition coefficient (Wildman–Crippen LogP) is 2.96. The molecule has 4 heteroatoms. The molecule has 1 aromatic heterocycles. The number of hydrogen-bond acceptors (Lipinski definition) is 4. The highest BCUT2D eigenvalue weighted by Crippen LogP contribution is 2.25. The van der Waals surface area contributed by atoms with Gasteiger partial charge in [0.2, 0.25) is 5.88 Å². The van der Waals surface area contributed by atoms with E-state index in [1.807, 2.05) is 0 Å². The molecule has 0 bridgehead atoms. The van der Waals surface area contributed by atoms with Crippen LogP contribution in [-0.4, -0.2) is 22.6 Å². The number of nitrogens with zero attached hydrogens (tertiary/aromatic N) is 2.